The van der Waals surface area contributed by atoms with E-state index >= 15 is 0 Å². The molecule has 14 heteroatoms. The van der Waals surface area contributed by atoms with Crippen LogP contribution in [0.4, 0.5) is 13.2 Å². The fourth-order valence-electron chi connectivity index (χ4n) is 5.55. The molecule has 5 rings (SSSR count). The molecule has 0 aliphatic carbocycles. The SMILES string of the molecule is C[N+]1(C2O[C@H](C(=O)O)[C@@H](O)[C@H](O)[C@H]2O)C[C@H]2c3ccccc3Oc3ccc(Cl)cc3[C@@H]2C1.O=C([O-])C(F)(F)F. The number of halogens is 4. The first-order chi connectivity index (χ1) is 18.1. The Bertz CT molecular complexity index is 1260. The van der Waals surface area contributed by atoms with Crippen molar-refractivity contribution >= 4 is 23.5 Å². The summed E-state index contributed by atoms with van der Waals surface area (Å²) >= 11 is 6.31. The molecule has 0 aromatic heterocycles. The van der Waals surface area contributed by atoms with Crippen molar-refractivity contribution in [3.63, 3.8) is 0 Å². The van der Waals surface area contributed by atoms with E-state index < -0.39 is 48.8 Å². The predicted octanol–water partition coefficient (Wildman–Crippen LogP) is 0.964. The number of aliphatic hydroxyl groups excluding tert-OH is 3. The minimum absolute atomic E-state index is 0.0148. The van der Waals surface area contributed by atoms with Crippen LogP contribution in [-0.2, 0) is 14.3 Å². The summed E-state index contributed by atoms with van der Waals surface area (Å²) in [5.41, 5.74) is 1.94. The molecule has 39 heavy (non-hydrogen) atoms. The van der Waals surface area contributed by atoms with Crippen molar-refractivity contribution in [2.75, 3.05) is 20.1 Å². The molecule has 2 unspecified atom stereocenters. The number of alkyl halides is 3. The molecular formula is C25H25ClF3NO9. The van der Waals surface area contributed by atoms with Crippen LogP contribution in [0.15, 0.2) is 42.5 Å². The van der Waals surface area contributed by atoms with E-state index in [-0.39, 0.29) is 16.3 Å². The molecular weight excluding hydrogens is 551 g/mol. The highest BCUT2D eigenvalue weighted by molar-refractivity contribution is 6.30. The molecule has 2 aromatic carbocycles. The van der Waals surface area contributed by atoms with E-state index in [1.165, 1.54) is 0 Å². The van der Waals surface area contributed by atoms with Crippen LogP contribution < -0.4 is 9.84 Å². The number of fused-ring (bicyclic) bond motifs is 5. The largest absolute Gasteiger partial charge is 0.542 e. The summed E-state index contributed by atoms with van der Waals surface area (Å²) in [5, 5.41) is 50.1. The van der Waals surface area contributed by atoms with Gasteiger partial charge in [-0.3, -0.25) is 4.48 Å². The molecule has 10 nitrogen and oxygen atoms in total. The van der Waals surface area contributed by atoms with Gasteiger partial charge < -0.3 is 39.8 Å². The number of likely N-dealkylation sites (tertiary alicyclic amines) is 1. The lowest BCUT2D eigenvalue weighted by Crippen LogP contribution is -2.68. The van der Waals surface area contributed by atoms with Gasteiger partial charge in [-0.1, -0.05) is 29.8 Å². The third-order valence-electron chi connectivity index (χ3n) is 7.30. The number of aliphatic carboxylic acids is 2. The maximum absolute atomic E-state index is 11.6. The van der Waals surface area contributed by atoms with Crippen molar-refractivity contribution in [2.24, 2.45) is 0 Å². The van der Waals surface area contributed by atoms with Gasteiger partial charge >= 0.3 is 12.1 Å². The molecule has 8 atom stereocenters. The van der Waals surface area contributed by atoms with Crippen LogP contribution in [0.3, 0.4) is 0 Å². The third-order valence-corrected chi connectivity index (χ3v) is 7.54. The van der Waals surface area contributed by atoms with Crippen molar-refractivity contribution in [1.82, 2.24) is 0 Å². The number of aliphatic hydroxyl groups is 3. The number of carboxylic acid groups (broad SMARTS) is 2. The summed E-state index contributed by atoms with van der Waals surface area (Å²) in [5.74, 6) is -3.01. The van der Waals surface area contributed by atoms with Crippen molar-refractivity contribution < 1.29 is 62.2 Å². The number of carbonyl (C=O) groups is 2. The maximum Gasteiger partial charge on any atom is 0.430 e. The van der Waals surface area contributed by atoms with Crippen molar-refractivity contribution in [1.29, 1.82) is 0 Å². The van der Waals surface area contributed by atoms with Crippen LogP contribution in [0.25, 0.3) is 0 Å². The second-order valence-electron chi connectivity index (χ2n) is 9.92. The number of nitrogens with zero attached hydrogens (tertiary/aromatic N) is 1. The quantitative estimate of drug-likeness (QED) is 0.383. The minimum atomic E-state index is -5.19. The molecule has 2 fully saturated rings. The number of likely N-dealkylation sites (N-methyl/N-ethyl adjacent to an activating group) is 1. The average molecular weight is 576 g/mol. The van der Waals surface area contributed by atoms with Gasteiger partial charge in [-0.25, -0.2) is 4.79 Å². The van der Waals surface area contributed by atoms with Gasteiger partial charge in [-0.2, -0.15) is 13.2 Å². The molecule has 0 bridgehead atoms. The zero-order chi connectivity index (χ0) is 28.9. The first kappa shape index (κ1) is 29.1. The van der Waals surface area contributed by atoms with E-state index in [4.69, 9.17) is 31.0 Å². The number of carboxylic acids is 2. The zero-order valence-corrected chi connectivity index (χ0v) is 21.0. The van der Waals surface area contributed by atoms with Crippen LogP contribution in [0.5, 0.6) is 11.5 Å². The van der Waals surface area contributed by atoms with Gasteiger partial charge in [0.25, 0.3) is 0 Å². The summed E-state index contributed by atoms with van der Waals surface area (Å²) in [6.07, 6.45) is -12.6. The number of quaternary nitrogens is 1. The Morgan fingerprint density at radius 1 is 0.974 bits per heavy atom. The second-order valence-corrected chi connectivity index (χ2v) is 10.4. The molecule has 2 saturated heterocycles. The lowest BCUT2D eigenvalue weighted by Gasteiger charge is -2.46. The Morgan fingerprint density at radius 3 is 2.13 bits per heavy atom. The number of benzene rings is 2. The molecule has 3 aliphatic heterocycles. The molecule has 0 amide bonds. The lowest BCUT2D eigenvalue weighted by molar-refractivity contribution is -0.952. The lowest BCUT2D eigenvalue weighted by atomic mass is 9.84. The Balaban J connectivity index is 0.000000448. The van der Waals surface area contributed by atoms with Crippen molar-refractivity contribution in [3.05, 3.63) is 58.6 Å². The van der Waals surface area contributed by atoms with Gasteiger partial charge in [-0.05, 0) is 24.3 Å². The van der Waals surface area contributed by atoms with Crippen LogP contribution in [0, 0.1) is 0 Å². The Kier molecular flexibility index (Phi) is 7.87. The number of hydrogen-bond acceptors (Lipinski definition) is 8. The van der Waals surface area contributed by atoms with E-state index in [1.807, 2.05) is 43.4 Å². The van der Waals surface area contributed by atoms with Gasteiger partial charge in [0, 0.05) is 28.0 Å². The monoisotopic (exact) mass is 575 g/mol. The van der Waals surface area contributed by atoms with Crippen molar-refractivity contribution in [2.45, 2.75) is 48.7 Å². The Labute approximate surface area is 225 Å². The summed E-state index contributed by atoms with van der Waals surface area (Å²) in [6.45, 7) is 1.00. The molecule has 0 saturated carbocycles. The topological polar surface area (TPSA) is 157 Å². The molecule has 212 valence electrons. The molecule has 3 heterocycles. The number of carbonyl (C=O) groups excluding carboxylic acids is 1. The maximum atomic E-state index is 11.6. The number of ether oxygens (including phenoxy) is 2. The predicted molar refractivity (Wildman–Crippen MR) is 125 cm³/mol. The number of rotatable bonds is 2. The van der Waals surface area contributed by atoms with E-state index in [0.717, 1.165) is 16.9 Å². The molecule has 2 aromatic rings. The van der Waals surface area contributed by atoms with Crippen LogP contribution in [-0.4, -0.2) is 93.8 Å². The molecule has 0 spiro atoms. The summed E-state index contributed by atoms with van der Waals surface area (Å²) < 4.78 is 43.6. The van der Waals surface area contributed by atoms with Crippen LogP contribution in [0.2, 0.25) is 5.02 Å². The highest BCUT2D eigenvalue weighted by Crippen LogP contribution is 2.53. The Hall–Kier alpha value is -2.94. The summed E-state index contributed by atoms with van der Waals surface area (Å²) in [6, 6.07) is 13.3. The first-order valence-corrected chi connectivity index (χ1v) is 12.1. The second kappa shape index (κ2) is 10.6. The van der Waals surface area contributed by atoms with Gasteiger partial charge in [0.1, 0.15) is 29.7 Å². The van der Waals surface area contributed by atoms with Gasteiger partial charge in [0.15, 0.2) is 12.2 Å². The number of para-hydroxylation sites is 1. The van der Waals surface area contributed by atoms with E-state index in [2.05, 4.69) is 0 Å². The Morgan fingerprint density at radius 2 is 1.54 bits per heavy atom. The van der Waals surface area contributed by atoms with E-state index in [9.17, 15) is 38.4 Å². The van der Waals surface area contributed by atoms with Crippen molar-refractivity contribution in [3.8, 4) is 11.5 Å². The summed E-state index contributed by atoms with van der Waals surface area (Å²) in [7, 11) is 1.87. The third kappa shape index (κ3) is 5.55. The fraction of sp³-hybridized carbons (Fsp3) is 0.440. The van der Waals surface area contributed by atoms with E-state index in [0.29, 0.717) is 23.9 Å². The molecule has 0 radical (unpaired) electrons. The minimum Gasteiger partial charge on any atom is -0.542 e. The first-order valence-electron chi connectivity index (χ1n) is 11.7. The van der Waals surface area contributed by atoms with Gasteiger partial charge in [0.2, 0.25) is 6.23 Å². The van der Waals surface area contributed by atoms with Crippen LogP contribution >= 0.6 is 11.6 Å². The number of hydrogen-bond donors (Lipinski definition) is 4. The van der Waals surface area contributed by atoms with Gasteiger partial charge in [-0.15, -0.1) is 0 Å². The van der Waals surface area contributed by atoms with Crippen LogP contribution in [0.1, 0.15) is 23.0 Å². The smallest absolute Gasteiger partial charge is 0.430 e. The van der Waals surface area contributed by atoms with E-state index in [1.54, 1.807) is 6.07 Å². The molecule has 4 N–H and O–H groups in total. The normalized spacial score (nSPS) is 33.3. The average Bonchev–Trinajstić information content (AvgIpc) is 3.16. The standard InChI is InChI=1S/C23H24ClNO7.C2HF3O2/c1-25(22-20(28)18(26)19(27)21(32-22)23(29)30)9-14-12-4-2-3-5-16(12)31-17-7-6-11(24)8-13(17)15(14)10-25;3-2(4,5)1(6)7/h2-8,14-15,18-22,26-28H,9-10H2,1H3;(H,6,7)/t14-,15-,18-,19-,20+,21-,22?,25?;/m0./s1. The highest BCUT2D eigenvalue weighted by Gasteiger charge is 2.58. The highest BCUT2D eigenvalue weighted by atomic mass is 35.5. The molecule has 3 aliphatic rings. The zero-order valence-electron chi connectivity index (χ0n) is 20.3. The fourth-order valence-corrected chi connectivity index (χ4v) is 5.73. The van der Waals surface area contributed by atoms with Gasteiger partial charge in [0.05, 0.1) is 20.1 Å². The summed E-state index contributed by atoms with van der Waals surface area (Å²) in [4.78, 5) is 20.4.